The van der Waals surface area contributed by atoms with E-state index in [0.717, 1.165) is 31.7 Å². The highest BCUT2D eigenvalue weighted by atomic mass is 19.1. The molecular formula is C29H37FN4O4. The fourth-order valence-electron chi connectivity index (χ4n) is 4.95. The first-order valence-corrected chi connectivity index (χ1v) is 13.2. The average Bonchev–Trinajstić information content (AvgIpc) is 3.19. The lowest BCUT2D eigenvalue weighted by atomic mass is 10.1. The van der Waals surface area contributed by atoms with Gasteiger partial charge in [-0.05, 0) is 62.1 Å². The number of rotatable bonds is 10. The number of aromatic nitrogens is 3. The highest BCUT2D eigenvalue weighted by Gasteiger charge is 2.25. The number of hydrogen-bond donors (Lipinski definition) is 0. The molecule has 9 heteroatoms. The molecule has 0 amide bonds. The predicted molar refractivity (Wildman–Crippen MR) is 144 cm³/mol. The molecule has 1 fully saturated rings. The van der Waals surface area contributed by atoms with E-state index >= 15 is 0 Å². The Balaban J connectivity index is 1.62. The van der Waals surface area contributed by atoms with Crippen LogP contribution in [-0.4, -0.2) is 64.0 Å². The molecule has 4 rings (SSSR count). The molecule has 0 saturated carbocycles. The van der Waals surface area contributed by atoms with Crippen molar-refractivity contribution >= 4 is 5.78 Å². The van der Waals surface area contributed by atoms with E-state index in [-0.39, 0.29) is 29.8 Å². The molecule has 3 aromatic rings. The van der Waals surface area contributed by atoms with Crippen LogP contribution in [0.1, 0.15) is 39.7 Å². The summed E-state index contributed by atoms with van der Waals surface area (Å²) in [5.74, 6) is -0.100. The molecule has 8 nitrogen and oxygen atoms in total. The van der Waals surface area contributed by atoms with Gasteiger partial charge < -0.3 is 9.47 Å². The van der Waals surface area contributed by atoms with E-state index in [1.165, 1.54) is 34.6 Å². The maximum absolute atomic E-state index is 14.1. The minimum atomic E-state index is -0.517. The van der Waals surface area contributed by atoms with Crippen LogP contribution in [0.15, 0.2) is 47.3 Å². The second-order valence-corrected chi connectivity index (χ2v) is 10.5. The molecule has 0 spiro atoms. The van der Waals surface area contributed by atoms with Crippen LogP contribution >= 0.6 is 0 Å². The van der Waals surface area contributed by atoms with Gasteiger partial charge in [0.2, 0.25) is 0 Å². The van der Waals surface area contributed by atoms with Gasteiger partial charge in [0.25, 0.3) is 0 Å². The van der Waals surface area contributed by atoms with Gasteiger partial charge in [0, 0.05) is 30.6 Å². The fraction of sp³-hybridized carbons (Fsp3) is 0.483. The Hall–Kier alpha value is -3.30. The molecule has 2 heterocycles. The van der Waals surface area contributed by atoms with Gasteiger partial charge in [-0.3, -0.25) is 14.3 Å². The van der Waals surface area contributed by atoms with Crippen LogP contribution in [0, 0.1) is 11.7 Å². The van der Waals surface area contributed by atoms with Gasteiger partial charge in [-0.1, -0.05) is 26.0 Å². The Bertz CT molecular complexity index is 1310. The first-order valence-electron chi connectivity index (χ1n) is 13.2. The molecule has 2 unspecified atom stereocenters. The lowest BCUT2D eigenvalue weighted by Gasteiger charge is -2.38. The summed E-state index contributed by atoms with van der Waals surface area (Å²) in [7, 11) is 1.38. The minimum absolute atomic E-state index is 0.0396. The number of morpholine rings is 1. The van der Waals surface area contributed by atoms with E-state index in [0.29, 0.717) is 29.8 Å². The summed E-state index contributed by atoms with van der Waals surface area (Å²) >= 11 is 0. The van der Waals surface area contributed by atoms with Crippen molar-refractivity contribution in [3.05, 3.63) is 64.3 Å². The van der Waals surface area contributed by atoms with Crippen molar-refractivity contribution in [2.75, 3.05) is 26.9 Å². The molecule has 2 aromatic carbocycles. The van der Waals surface area contributed by atoms with Gasteiger partial charge >= 0.3 is 5.69 Å². The van der Waals surface area contributed by atoms with Crippen molar-refractivity contribution in [2.24, 2.45) is 5.92 Å². The normalized spacial score (nSPS) is 18.2. The van der Waals surface area contributed by atoms with Crippen LogP contribution in [0.5, 0.6) is 5.75 Å². The van der Waals surface area contributed by atoms with Gasteiger partial charge in [-0.15, -0.1) is 5.10 Å². The van der Waals surface area contributed by atoms with Crippen LogP contribution in [0.4, 0.5) is 4.39 Å². The van der Waals surface area contributed by atoms with E-state index in [9.17, 15) is 14.0 Å². The Morgan fingerprint density at radius 1 is 1.13 bits per heavy atom. The topological polar surface area (TPSA) is 78.6 Å². The smallest absolute Gasteiger partial charge is 0.351 e. The second-order valence-electron chi connectivity index (χ2n) is 10.5. The molecule has 0 aliphatic carbocycles. The average molecular weight is 525 g/mol. The number of halogens is 1. The zero-order valence-electron chi connectivity index (χ0n) is 22.8. The van der Waals surface area contributed by atoms with Gasteiger partial charge in [0.15, 0.2) is 23.2 Å². The predicted octanol–water partition coefficient (Wildman–Crippen LogP) is 4.12. The zero-order valence-corrected chi connectivity index (χ0v) is 22.8. The molecule has 0 bridgehead atoms. The van der Waals surface area contributed by atoms with Gasteiger partial charge in [0.05, 0.1) is 32.6 Å². The van der Waals surface area contributed by atoms with Crippen molar-refractivity contribution in [3.8, 4) is 22.8 Å². The summed E-state index contributed by atoms with van der Waals surface area (Å²) in [5, 5.41) is 4.57. The van der Waals surface area contributed by atoms with E-state index in [1.807, 2.05) is 38.1 Å². The van der Waals surface area contributed by atoms with Crippen molar-refractivity contribution in [1.82, 2.24) is 19.2 Å². The molecule has 1 aromatic heterocycles. The van der Waals surface area contributed by atoms with Crippen LogP contribution < -0.4 is 10.4 Å². The second kappa shape index (κ2) is 12.0. The third-order valence-electron chi connectivity index (χ3n) is 6.93. The Labute approximate surface area is 223 Å². The van der Waals surface area contributed by atoms with Crippen molar-refractivity contribution in [3.63, 3.8) is 0 Å². The Morgan fingerprint density at radius 2 is 1.82 bits per heavy atom. The SMILES string of the molecule is COc1cc(-c2nn(-c3ccc(CCN4C(C)COCC4C)cc3)c(=O)n2CC(=O)CC(C)C)ccc1F. The van der Waals surface area contributed by atoms with Crippen LogP contribution in [0.2, 0.25) is 0 Å². The monoisotopic (exact) mass is 524 g/mol. The summed E-state index contributed by atoms with van der Waals surface area (Å²) in [6.07, 6.45) is 1.22. The summed E-state index contributed by atoms with van der Waals surface area (Å²) < 4.78 is 27.5. The summed E-state index contributed by atoms with van der Waals surface area (Å²) in [5.41, 5.74) is 1.81. The number of ether oxygens (including phenoxy) is 2. The molecule has 1 saturated heterocycles. The standard InChI is InChI=1S/C29H37FN4O4/c1-19(2)14-25(35)16-33-28(23-8-11-26(30)27(15-23)37-5)31-34(29(33)36)24-9-6-22(7-10-24)12-13-32-20(3)17-38-18-21(32)4/h6-11,15,19-21H,12-14,16-18H2,1-5H3. The highest BCUT2D eigenvalue weighted by molar-refractivity contribution is 5.79. The maximum Gasteiger partial charge on any atom is 0.351 e. The zero-order chi connectivity index (χ0) is 27.4. The van der Waals surface area contributed by atoms with Crippen molar-refractivity contribution in [1.29, 1.82) is 0 Å². The molecule has 0 N–H and O–H groups in total. The van der Waals surface area contributed by atoms with E-state index in [4.69, 9.17) is 9.47 Å². The van der Waals surface area contributed by atoms with E-state index in [2.05, 4.69) is 23.8 Å². The molecule has 38 heavy (non-hydrogen) atoms. The molecule has 2 atom stereocenters. The number of ketones is 1. The number of Topliss-reactive ketones (excluding diaryl/α,β-unsaturated/α-hetero) is 1. The van der Waals surface area contributed by atoms with Gasteiger partial charge in [0.1, 0.15) is 0 Å². The first-order chi connectivity index (χ1) is 18.2. The number of nitrogens with zero attached hydrogens (tertiary/aromatic N) is 4. The van der Waals surface area contributed by atoms with Crippen LogP contribution in [-0.2, 0) is 22.5 Å². The van der Waals surface area contributed by atoms with E-state index in [1.54, 1.807) is 0 Å². The number of methoxy groups -OCH3 is 1. The molecule has 1 aliphatic rings. The molecule has 1 aliphatic heterocycles. The molecular weight excluding hydrogens is 487 g/mol. The van der Waals surface area contributed by atoms with Crippen molar-refractivity contribution < 1.29 is 18.7 Å². The maximum atomic E-state index is 14.1. The lowest BCUT2D eigenvalue weighted by Crippen LogP contribution is -2.50. The summed E-state index contributed by atoms with van der Waals surface area (Å²) in [6, 6.07) is 12.8. The van der Waals surface area contributed by atoms with Crippen molar-refractivity contribution in [2.45, 2.75) is 59.2 Å². The van der Waals surface area contributed by atoms with Crippen LogP contribution in [0.25, 0.3) is 17.1 Å². The molecule has 0 radical (unpaired) electrons. The van der Waals surface area contributed by atoms with Gasteiger partial charge in [-0.2, -0.15) is 4.68 Å². The first kappa shape index (κ1) is 27.7. The number of carbonyl (C=O) groups excluding carboxylic acids is 1. The number of hydrogen-bond acceptors (Lipinski definition) is 6. The highest BCUT2D eigenvalue weighted by Crippen LogP contribution is 2.25. The van der Waals surface area contributed by atoms with Crippen LogP contribution in [0.3, 0.4) is 0 Å². The fourth-order valence-corrected chi connectivity index (χ4v) is 4.95. The Kier molecular flexibility index (Phi) is 8.79. The van der Waals surface area contributed by atoms with E-state index < -0.39 is 11.5 Å². The van der Waals surface area contributed by atoms with Gasteiger partial charge in [-0.25, -0.2) is 9.18 Å². The summed E-state index contributed by atoms with van der Waals surface area (Å²) in [4.78, 5) is 28.6. The minimum Gasteiger partial charge on any atom is -0.494 e. The number of carbonyl (C=O) groups is 1. The lowest BCUT2D eigenvalue weighted by molar-refractivity contribution is -0.120. The molecule has 204 valence electrons. The quantitative estimate of drug-likeness (QED) is 0.397. The largest absolute Gasteiger partial charge is 0.494 e. The number of benzene rings is 2. The third-order valence-corrected chi connectivity index (χ3v) is 6.93. The Morgan fingerprint density at radius 3 is 2.45 bits per heavy atom. The summed E-state index contributed by atoms with van der Waals surface area (Å²) in [6.45, 7) is 10.6. The third kappa shape index (κ3) is 6.22.